The Balaban J connectivity index is 0.000000511. The molecule has 4 bridgehead atoms. The maximum atomic E-state index is 10.1. The summed E-state index contributed by atoms with van der Waals surface area (Å²) in [5.41, 5.74) is 14.6. The van der Waals surface area contributed by atoms with Crippen LogP contribution in [0.5, 0.6) is 0 Å². The molecule has 1 aromatic heterocycles. The second kappa shape index (κ2) is 14.8. The molecule has 4 aliphatic rings. The van der Waals surface area contributed by atoms with Crippen molar-refractivity contribution in [2.45, 2.75) is 118 Å². The molecule has 2 unspecified atom stereocenters. The van der Waals surface area contributed by atoms with E-state index in [0.717, 1.165) is 23.4 Å². The van der Waals surface area contributed by atoms with Crippen LogP contribution in [0.4, 0.5) is 0 Å². The van der Waals surface area contributed by atoms with E-state index in [1.165, 1.54) is 108 Å². The molecule has 4 aliphatic carbocycles. The maximum Gasteiger partial charge on any atom is 2.00 e. The normalized spacial score (nSPS) is 23.6. The van der Waals surface area contributed by atoms with Gasteiger partial charge in [-0.2, -0.15) is 0 Å². The molecule has 4 aromatic rings. The van der Waals surface area contributed by atoms with Crippen molar-refractivity contribution in [2.75, 3.05) is 0 Å². The van der Waals surface area contributed by atoms with Crippen LogP contribution in [0.1, 0.15) is 92.2 Å². The molecule has 8 rings (SSSR count). The van der Waals surface area contributed by atoms with Gasteiger partial charge < -0.3 is 10.2 Å². The van der Waals surface area contributed by atoms with Gasteiger partial charge in [-0.1, -0.05) is 124 Å². The number of hydrogen-bond donors (Lipinski definition) is 0. The summed E-state index contributed by atoms with van der Waals surface area (Å²) in [4.78, 5) is 0. The van der Waals surface area contributed by atoms with E-state index in [2.05, 4.69) is 101 Å². The van der Waals surface area contributed by atoms with Crippen molar-refractivity contribution in [3.05, 3.63) is 88.1 Å². The Hall–Kier alpha value is -2.53. The quantitative estimate of drug-likeness (QED) is 0.243. The van der Waals surface area contributed by atoms with Crippen molar-refractivity contribution in [1.29, 1.82) is 0 Å². The third kappa shape index (κ3) is 7.62. The number of hydrogen-bond acceptors (Lipinski definition) is 4. The fraction of sp³-hybridized carbons (Fsp3) is 0.512. The molecule has 0 N–H and O–H groups in total. The molecule has 2 atom stereocenters. The minimum absolute atomic E-state index is 0. The van der Waals surface area contributed by atoms with Gasteiger partial charge >= 0.3 is 21.1 Å². The molecule has 3 aromatic carbocycles. The first-order valence-electron chi connectivity index (χ1n) is 17.8. The summed E-state index contributed by atoms with van der Waals surface area (Å²) in [6.45, 7) is 16.7. The van der Waals surface area contributed by atoms with Crippen molar-refractivity contribution < 1.29 is 31.3 Å². The second-order valence-electron chi connectivity index (χ2n) is 15.7. The average Bonchev–Trinajstić information content (AvgIpc) is 3.46. The molecule has 0 aliphatic heterocycles. The van der Waals surface area contributed by atoms with Gasteiger partial charge in [0, 0.05) is 5.56 Å². The standard InChI is InChI=1S/C36H42BN3.C5H10O2.Pt/c1-22-10-24(3)34(25(4)11-22)37(35-26(5)12-23(2)13-27(35)6)32-9-7-8-31(17-32)33-21-40(39-38-33)36-18-28-14-29(19-36)16-30(15-28)20-36;1-4(6)3-5(2)7;/h7-13,17,21,28-30H,14-16,18-20H2,1-6H3;4-5H,3H2,1-2H3;/q;-2;+2. The summed E-state index contributed by atoms with van der Waals surface area (Å²) in [5, 5.41) is 29.9. The number of benzene rings is 3. The largest absolute Gasteiger partial charge is 2.00 e. The Labute approximate surface area is 303 Å². The average molecular weight is 825 g/mol. The zero-order valence-electron chi connectivity index (χ0n) is 30.1. The Morgan fingerprint density at radius 2 is 1.21 bits per heavy atom. The number of aryl methyl sites for hydroxylation is 6. The molecule has 7 heteroatoms. The van der Waals surface area contributed by atoms with Crippen molar-refractivity contribution >= 4 is 23.1 Å². The van der Waals surface area contributed by atoms with E-state index in [1.807, 2.05) is 0 Å². The zero-order valence-corrected chi connectivity index (χ0v) is 32.4. The Morgan fingerprint density at radius 3 is 1.62 bits per heavy atom. The van der Waals surface area contributed by atoms with Gasteiger partial charge in [-0.3, -0.25) is 0 Å². The van der Waals surface area contributed by atoms with Gasteiger partial charge in [0.1, 0.15) is 5.69 Å². The first kappa shape index (κ1) is 36.7. The van der Waals surface area contributed by atoms with Gasteiger partial charge in [0.15, 0.2) is 0 Å². The molecular formula is C41H52BN3O2Pt. The van der Waals surface area contributed by atoms with Crippen LogP contribution in [0, 0.1) is 59.3 Å². The van der Waals surface area contributed by atoms with Crippen LogP contribution in [-0.4, -0.2) is 33.9 Å². The van der Waals surface area contributed by atoms with Gasteiger partial charge in [0.2, 0.25) is 6.71 Å². The second-order valence-corrected chi connectivity index (χ2v) is 15.7. The van der Waals surface area contributed by atoms with Gasteiger partial charge in [-0.05, 0) is 97.8 Å². The van der Waals surface area contributed by atoms with E-state index in [9.17, 15) is 10.2 Å². The number of rotatable bonds is 7. The molecule has 0 amide bonds. The fourth-order valence-electron chi connectivity index (χ4n) is 10.1. The molecule has 0 saturated heterocycles. The molecule has 1 heterocycles. The van der Waals surface area contributed by atoms with E-state index in [0.29, 0.717) is 0 Å². The Kier molecular flexibility index (Phi) is 11.3. The summed E-state index contributed by atoms with van der Waals surface area (Å²) < 4.78 is 2.29. The summed E-state index contributed by atoms with van der Waals surface area (Å²) in [7, 11) is 0. The van der Waals surface area contributed by atoms with Gasteiger partial charge in [0.05, 0.1) is 11.7 Å². The van der Waals surface area contributed by atoms with Crippen molar-refractivity contribution in [2.24, 2.45) is 17.8 Å². The van der Waals surface area contributed by atoms with Crippen LogP contribution in [0.3, 0.4) is 0 Å². The monoisotopic (exact) mass is 824 g/mol. The summed E-state index contributed by atoms with van der Waals surface area (Å²) in [5.74, 6) is 2.68. The minimum atomic E-state index is -0.688. The van der Waals surface area contributed by atoms with Crippen LogP contribution in [0.25, 0.3) is 11.3 Å². The van der Waals surface area contributed by atoms with E-state index < -0.39 is 12.2 Å². The third-order valence-electron chi connectivity index (χ3n) is 11.2. The van der Waals surface area contributed by atoms with E-state index in [1.54, 1.807) is 0 Å². The molecule has 0 spiro atoms. The predicted octanol–water partition coefficient (Wildman–Crippen LogP) is 5.11. The SMILES string of the molecule is CC([O-])CC(C)[O-].Cc1cc(C)c(B(c2cccc(-c3cn(C45CC6CC(CC(C6)C4)C5)nn3)c2)c2c(C)cc(C)cc2C)c(C)c1.[Pt+2]. The molecule has 4 fully saturated rings. The third-order valence-corrected chi connectivity index (χ3v) is 11.2. The topological polar surface area (TPSA) is 76.8 Å². The Morgan fingerprint density at radius 1 is 0.750 bits per heavy atom. The van der Waals surface area contributed by atoms with Crippen molar-refractivity contribution in [3.8, 4) is 11.3 Å². The summed E-state index contributed by atoms with van der Waals surface area (Å²) in [6, 6.07) is 18.5. The Bertz CT molecular complexity index is 1600. The van der Waals surface area contributed by atoms with Gasteiger partial charge in [0.25, 0.3) is 0 Å². The fourth-order valence-corrected chi connectivity index (χ4v) is 10.1. The van der Waals surface area contributed by atoms with Gasteiger partial charge in [-0.25, -0.2) is 4.68 Å². The first-order chi connectivity index (χ1) is 22.3. The van der Waals surface area contributed by atoms with E-state index in [4.69, 9.17) is 10.3 Å². The first-order valence-corrected chi connectivity index (χ1v) is 17.8. The molecule has 5 nitrogen and oxygen atoms in total. The predicted molar refractivity (Wildman–Crippen MR) is 191 cm³/mol. The molecular weight excluding hydrogens is 772 g/mol. The summed E-state index contributed by atoms with van der Waals surface area (Å²) >= 11 is 0. The van der Waals surface area contributed by atoms with Crippen LogP contribution in [0.15, 0.2) is 54.7 Å². The smallest absolute Gasteiger partial charge is 0.852 e. The molecule has 4 saturated carbocycles. The van der Waals surface area contributed by atoms with Crippen LogP contribution in [-0.2, 0) is 26.6 Å². The molecule has 256 valence electrons. The van der Waals surface area contributed by atoms with E-state index >= 15 is 0 Å². The molecule has 48 heavy (non-hydrogen) atoms. The summed E-state index contributed by atoms with van der Waals surface area (Å²) in [6.07, 6.45) is 9.36. The van der Waals surface area contributed by atoms with Crippen LogP contribution >= 0.6 is 0 Å². The van der Waals surface area contributed by atoms with Crippen molar-refractivity contribution in [3.63, 3.8) is 0 Å². The number of aromatic nitrogens is 3. The minimum Gasteiger partial charge on any atom is -0.852 e. The van der Waals surface area contributed by atoms with Crippen molar-refractivity contribution in [1.82, 2.24) is 15.0 Å². The molecule has 0 radical (unpaired) electrons. The van der Waals surface area contributed by atoms with E-state index in [-0.39, 0.29) is 39.7 Å². The van der Waals surface area contributed by atoms with Crippen LogP contribution in [0.2, 0.25) is 0 Å². The van der Waals surface area contributed by atoms with Crippen LogP contribution < -0.4 is 26.6 Å². The van der Waals surface area contributed by atoms with Gasteiger partial charge in [-0.15, -0.1) is 17.3 Å². The number of nitrogens with zero attached hydrogens (tertiary/aromatic N) is 3. The zero-order chi connectivity index (χ0) is 33.6. The maximum absolute atomic E-state index is 10.1.